The number of nitro groups is 1. The molecule has 0 fully saturated rings. The number of carboxylic acids is 1. The predicted molar refractivity (Wildman–Crippen MR) is 95.2 cm³/mol. The van der Waals surface area contributed by atoms with Crippen LogP contribution in [0, 0.1) is 24.0 Å². The summed E-state index contributed by atoms with van der Waals surface area (Å²) in [5.74, 6) is -1.38. The van der Waals surface area contributed by atoms with Crippen LogP contribution >= 0.6 is 0 Å². The van der Waals surface area contributed by atoms with Gasteiger partial charge in [-0.3, -0.25) is 19.6 Å². The average Bonchev–Trinajstić information content (AvgIpc) is 2.92. The van der Waals surface area contributed by atoms with Crippen LogP contribution in [-0.4, -0.2) is 43.1 Å². The lowest BCUT2D eigenvalue weighted by atomic mass is 9.92. The number of hydrogen-bond donors (Lipinski definition) is 1. The summed E-state index contributed by atoms with van der Waals surface area (Å²) in [5, 5.41) is 24.9. The van der Waals surface area contributed by atoms with Crippen molar-refractivity contribution < 1.29 is 19.6 Å². The molecule has 0 radical (unpaired) electrons. The van der Waals surface area contributed by atoms with Gasteiger partial charge in [-0.25, -0.2) is 4.79 Å². The van der Waals surface area contributed by atoms with Crippen LogP contribution in [0.3, 0.4) is 0 Å². The Morgan fingerprint density at radius 2 is 2.04 bits per heavy atom. The molecule has 1 atom stereocenters. The topological polar surface area (TPSA) is 119 Å². The molecule has 0 spiro atoms. The first kappa shape index (κ1) is 18.6. The molecule has 0 bridgehead atoms. The molecule has 1 aliphatic heterocycles. The van der Waals surface area contributed by atoms with Crippen molar-refractivity contribution in [3.05, 3.63) is 56.9 Å². The van der Waals surface area contributed by atoms with Gasteiger partial charge in [-0.15, -0.1) is 0 Å². The molecule has 2 heterocycles. The zero-order chi connectivity index (χ0) is 19.7. The highest BCUT2D eigenvalue weighted by Crippen LogP contribution is 2.30. The molecule has 1 N–H and O–H groups in total. The van der Waals surface area contributed by atoms with Crippen molar-refractivity contribution in [3.63, 3.8) is 0 Å². The van der Waals surface area contributed by atoms with Crippen LogP contribution in [-0.2, 0) is 22.6 Å². The Bertz CT molecular complexity index is 920. The molecule has 1 aliphatic rings. The van der Waals surface area contributed by atoms with Crippen LogP contribution in [0.25, 0.3) is 0 Å². The Balaban J connectivity index is 1.78. The van der Waals surface area contributed by atoms with Gasteiger partial charge in [0.25, 0.3) is 0 Å². The van der Waals surface area contributed by atoms with Gasteiger partial charge >= 0.3 is 11.7 Å². The summed E-state index contributed by atoms with van der Waals surface area (Å²) in [4.78, 5) is 36.5. The number of aliphatic carboxylic acids is 1. The van der Waals surface area contributed by atoms with Crippen molar-refractivity contribution in [2.75, 3.05) is 6.54 Å². The minimum Gasteiger partial charge on any atom is -0.479 e. The Labute approximate surface area is 155 Å². The minimum atomic E-state index is -1.07. The fourth-order valence-corrected chi connectivity index (χ4v) is 3.62. The molecule has 1 aromatic heterocycles. The molecule has 1 unspecified atom stereocenters. The lowest BCUT2D eigenvalue weighted by molar-refractivity contribution is -0.386. The molecule has 0 saturated heterocycles. The van der Waals surface area contributed by atoms with Gasteiger partial charge in [0.2, 0.25) is 5.91 Å². The van der Waals surface area contributed by atoms with Crippen molar-refractivity contribution >= 4 is 17.6 Å². The summed E-state index contributed by atoms with van der Waals surface area (Å²) in [6, 6.07) is 6.21. The second-order valence-electron chi connectivity index (χ2n) is 6.53. The lowest BCUT2D eigenvalue weighted by Crippen LogP contribution is -2.43. The predicted octanol–water partition coefficient (Wildman–Crippen LogP) is 2.01. The van der Waals surface area contributed by atoms with E-state index in [0.29, 0.717) is 29.9 Å². The Hall–Kier alpha value is -3.23. The highest BCUT2D eigenvalue weighted by Gasteiger charge is 2.35. The lowest BCUT2D eigenvalue weighted by Gasteiger charge is -2.34. The number of carboxylic acid groups (broad SMARTS) is 1. The van der Waals surface area contributed by atoms with Gasteiger partial charge in [-0.1, -0.05) is 24.3 Å². The fourth-order valence-electron chi connectivity index (χ4n) is 3.62. The SMILES string of the molecule is Cc1nn(CCC(=O)N2CCc3ccccc3C2C(=O)O)c(C)c1[N+](=O)[O-]. The maximum absolute atomic E-state index is 12.7. The van der Waals surface area contributed by atoms with Crippen molar-refractivity contribution in [1.29, 1.82) is 0 Å². The third kappa shape index (κ3) is 3.40. The summed E-state index contributed by atoms with van der Waals surface area (Å²) < 4.78 is 1.43. The van der Waals surface area contributed by atoms with Gasteiger partial charge in [-0.2, -0.15) is 5.10 Å². The highest BCUT2D eigenvalue weighted by molar-refractivity contribution is 5.85. The first-order valence-electron chi connectivity index (χ1n) is 8.59. The molecule has 27 heavy (non-hydrogen) atoms. The summed E-state index contributed by atoms with van der Waals surface area (Å²) in [5.41, 5.74) is 2.18. The van der Waals surface area contributed by atoms with E-state index in [9.17, 15) is 24.8 Å². The molecule has 142 valence electrons. The van der Waals surface area contributed by atoms with Crippen LogP contribution in [0.15, 0.2) is 24.3 Å². The maximum atomic E-state index is 12.7. The summed E-state index contributed by atoms with van der Waals surface area (Å²) >= 11 is 0. The van der Waals surface area contributed by atoms with E-state index >= 15 is 0 Å². The quantitative estimate of drug-likeness (QED) is 0.633. The van der Waals surface area contributed by atoms with Gasteiger partial charge < -0.3 is 10.0 Å². The van der Waals surface area contributed by atoms with E-state index in [2.05, 4.69) is 5.10 Å². The molecule has 1 amide bonds. The second-order valence-corrected chi connectivity index (χ2v) is 6.53. The van der Waals surface area contributed by atoms with E-state index in [1.165, 1.54) is 9.58 Å². The first-order valence-corrected chi connectivity index (χ1v) is 8.59. The third-order valence-electron chi connectivity index (χ3n) is 4.90. The van der Waals surface area contributed by atoms with Crippen LogP contribution in [0.4, 0.5) is 5.69 Å². The number of hydrogen-bond acceptors (Lipinski definition) is 5. The number of carbonyl (C=O) groups is 2. The van der Waals surface area contributed by atoms with Crippen LogP contribution in [0.2, 0.25) is 0 Å². The van der Waals surface area contributed by atoms with Gasteiger partial charge in [0.05, 0.1) is 11.5 Å². The molecule has 0 aliphatic carbocycles. The van der Waals surface area contributed by atoms with Crippen molar-refractivity contribution in [2.24, 2.45) is 0 Å². The van der Waals surface area contributed by atoms with E-state index in [4.69, 9.17) is 0 Å². The number of aromatic nitrogens is 2. The minimum absolute atomic E-state index is 0.0189. The van der Waals surface area contributed by atoms with Gasteiger partial charge in [0.1, 0.15) is 11.4 Å². The molecule has 9 heteroatoms. The van der Waals surface area contributed by atoms with Gasteiger partial charge in [-0.05, 0) is 31.4 Å². The maximum Gasteiger partial charge on any atom is 0.331 e. The monoisotopic (exact) mass is 372 g/mol. The number of nitrogens with zero attached hydrogens (tertiary/aromatic N) is 4. The number of benzene rings is 1. The number of carbonyl (C=O) groups excluding carboxylic acids is 1. The molecule has 0 saturated carbocycles. The van der Waals surface area contributed by atoms with E-state index in [-0.39, 0.29) is 24.6 Å². The number of amides is 1. The van der Waals surface area contributed by atoms with Crippen LogP contribution in [0.1, 0.15) is 35.0 Å². The summed E-state index contributed by atoms with van der Waals surface area (Å²) in [7, 11) is 0. The largest absolute Gasteiger partial charge is 0.479 e. The molecule has 1 aromatic carbocycles. The Morgan fingerprint density at radius 1 is 1.33 bits per heavy atom. The molecule has 9 nitrogen and oxygen atoms in total. The van der Waals surface area contributed by atoms with Crippen molar-refractivity contribution in [2.45, 2.75) is 39.3 Å². The second kappa shape index (κ2) is 7.18. The summed E-state index contributed by atoms with van der Waals surface area (Å²) in [6.45, 7) is 3.61. The zero-order valence-electron chi connectivity index (χ0n) is 15.1. The van der Waals surface area contributed by atoms with Gasteiger partial charge in [0.15, 0.2) is 6.04 Å². The fraction of sp³-hybridized carbons (Fsp3) is 0.389. The first-order chi connectivity index (χ1) is 12.8. The highest BCUT2D eigenvalue weighted by atomic mass is 16.6. The smallest absolute Gasteiger partial charge is 0.331 e. The molecule has 3 rings (SSSR count). The van der Waals surface area contributed by atoms with E-state index in [1.807, 2.05) is 12.1 Å². The van der Waals surface area contributed by atoms with Gasteiger partial charge in [0, 0.05) is 13.0 Å². The van der Waals surface area contributed by atoms with Crippen LogP contribution in [0.5, 0.6) is 0 Å². The zero-order valence-corrected chi connectivity index (χ0v) is 15.1. The standard InChI is InChI=1S/C18H20N4O5/c1-11-16(22(26)27)12(2)21(19-11)10-8-15(23)20-9-7-13-5-3-4-6-14(13)17(20)18(24)25/h3-6,17H,7-10H2,1-2H3,(H,24,25). The number of fused-ring (bicyclic) bond motifs is 1. The molecular weight excluding hydrogens is 352 g/mol. The normalized spacial score (nSPS) is 16.1. The van der Waals surface area contributed by atoms with Crippen LogP contribution < -0.4 is 0 Å². The van der Waals surface area contributed by atoms with E-state index < -0.39 is 16.9 Å². The van der Waals surface area contributed by atoms with E-state index in [0.717, 1.165) is 5.56 Å². The third-order valence-corrected chi connectivity index (χ3v) is 4.90. The average molecular weight is 372 g/mol. The van der Waals surface area contributed by atoms with E-state index in [1.54, 1.807) is 26.0 Å². The number of aryl methyl sites for hydroxylation is 2. The van der Waals surface area contributed by atoms with Crippen molar-refractivity contribution in [3.8, 4) is 0 Å². The summed E-state index contributed by atoms with van der Waals surface area (Å²) in [6.07, 6.45) is 0.613. The molecular formula is C18H20N4O5. The van der Waals surface area contributed by atoms with Crippen molar-refractivity contribution in [1.82, 2.24) is 14.7 Å². The Kier molecular flexibility index (Phi) is 4.93. The molecule has 2 aromatic rings. The number of rotatable bonds is 5. The Morgan fingerprint density at radius 3 is 2.67 bits per heavy atom.